The van der Waals surface area contributed by atoms with Gasteiger partial charge in [0.05, 0.1) is 11.3 Å². The average Bonchev–Trinajstić information content (AvgIpc) is 2.46. The van der Waals surface area contributed by atoms with Crippen LogP contribution in [-0.2, 0) is 4.79 Å². The summed E-state index contributed by atoms with van der Waals surface area (Å²) in [5, 5.41) is 9.20. The third-order valence-electron chi connectivity index (χ3n) is 3.48. The fourth-order valence-corrected chi connectivity index (χ4v) is 2.20. The van der Waals surface area contributed by atoms with Gasteiger partial charge < -0.3 is 15.7 Å². The smallest absolute Gasteiger partial charge is 0.337 e. The Morgan fingerprint density at radius 1 is 1.19 bits per heavy atom. The summed E-state index contributed by atoms with van der Waals surface area (Å²) in [6.07, 6.45) is 5.79. The zero-order chi connectivity index (χ0) is 15.8. The Hall–Kier alpha value is -2.04. The molecular weight excluding hydrogens is 268 g/mol. The van der Waals surface area contributed by atoms with Gasteiger partial charge in [0.25, 0.3) is 0 Å². The number of amides is 1. The zero-order valence-corrected chi connectivity index (χ0v) is 12.8. The highest BCUT2D eigenvalue weighted by Gasteiger charge is 2.18. The largest absolute Gasteiger partial charge is 0.478 e. The number of carboxylic acids is 1. The fraction of sp³-hybridized carbons (Fsp3) is 0.500. The van der Waals surface area contributed by atoms with Gasteiger partial charge in [-0.15, -0.1) is 0 Å². The third kappa shape index (κ3) is 5.10. The van der Waals surface area contributed by atoms with Crippen LogP contribution in [0.3, 0.4) is 0 Å². The maximum Gasteiger partial charge on any atom is 0.337 e. The van der Waals surface area contributed by atoms with Gasteiger partial charge in [-0.2, -0.15) is 0 Å². The number of aromatic carboxylic acids is 1. The normalized spacial score (nSPS) is 10.4. The molecular formula is C16H24N2O3. The van der Waals surface area contributed by atoms with Crippen molar-refractivity contribution < 1.29 is 14.7 Å². The lowest BCUT2D eigenvalue weighted by Gasteiger charge is -2.19. The van der Waals surface area contributed by atoms with Gasteiger partial charge in [0.15, 0.2) is 0 Å². The fourth-order valence-electron chi connectivity index (χ4n) is 2.20. The van der Waals surface area contributed by atoms with E-state index in [0.717, 1.165) is 19.3 Å². The molecule has 0 heterocycles. The minimum Gasteiger partial charge on any atom is -0.478 e. The third-order valence-corrected chi connectivity index (χ3v) is 3.48. The first-order valence-corrected chi connectivity index (χ1v) is 7.36. The molecule has 0 fully saturated rings. The molecule has 0 aromatic heterocycles. The standard InChI is InChI=1S/C16H24N2O3/c1-3-4-5-6-7-8-15(19)18(2)14-10-9-12(17)11-13(14)16(20)21/h9-11H,3-8,17H2,1-2H3,(H,20,21). The van der Waals surface area contributed by atoms with Crippen LogP contribution in [0.2, 0.25) is 0 Å². The quantitative estimate of drug-likeness (QED) is 0.569. The molecule has 0 spiro atoms. The molecule has 21 heavy (non-hydrogen) atoms. The number of nitrogens with zero attached hydrogens (tertiary/aromatic N) is 1. The number of anilines is 2. The zero-order valence-electron chi connectivity index (χ0n) is 12.8. The van der Waals surface area contributed by atoms with Crippen molar-refractivity contribution in [3.63, 3.8) is 0 Å². The molecule has 0 saturated heterocycles. The van der Waals surface area contributed by atoms with Crippen molar-refractivity contribution in [3.05, 3.63) is 23.8 Å². The Morgan fingerprint density at radius 2 is 1.86 bits per heavy atom. The summed E-state index contributed by atoms with van der Waals surface area (Å²) in [5.41, 5.74) is 6.41. The van der Waals surface area contributed by atoms with Crippen LogP contribution in [-0.4, -0.2) is 24.0 Å². The van der Waals surface area contributed by atoms with Crippen molar-refractivity contribution >= 4 is 23.3 Å². The number of hydrogen-bond donors (Lipinski definition) is 2. The summed E-state index contributed by atoms with van der Waals surface area (Å²) < 4.78 is 0. The molecule has 5 nitrogen and oxygen atoms in total. The molecule has 116 valence electrons. The van der Waals surface area contributed by atoms with E-state index in [1.165, 1.54) is 23.8 Å². The highest BCUT2D eigenvalue weighted by atomic mass is 16.4. The lowest BCUT2D eigenvalue weighted by Crippen LogP contribution is -2.27. The Labute approximate surface area is 125 Å². The monoisotopic (exact) mass is 292 g/mol. The number of unbranched alkanes of at least 4 members (excludes halogenated alkanes) is 4. The Kier molecular flexibility index (Phi) is 6.72. The van der Waals surface area contributed by atoms with E-state index in [1.54, 1.807) is 19.2 Å². The van der Waals surface area contributed by atoms with E-state index in [4.69, 9.17) is 5.73 Å². The van der Waals surface area contributed by atoms with Crippen LogP contribution < -0.4 is 10.6 Å². The first kappa shape index (κ1) is 17.0. The predicted molar refractivity (Wildman–Crippen MR) is 84.6 cm³/mol. The summed E-state index contributed by atoms with van der Waals surface area (Å²) in [6, 6.07) is 4.56. The van der Waals surface area contributed by atoms with E-state index < -0.39 is 5.97 Å². The van der Waals surface area contributed by atoms with Gasteiger partial charge in [-0.05, 0) is 24.6 Å². The summed E-state index contributed by atoms with van der Waals surface area (Å²) in [5.74, 6) is -1.15. The van der Waals surface area contributed by atoms with Gasteiger partial charge in [0.1, 0.15) is 0 Å². The maximum absolute atomic E-state index is 12.1. The lowest BCUT2D eigenvalue weighted by atomic mass is 10.1. The van der Waals surface area contributed by atoms with E-state index in [9.17, 15) is 14.7 Å². The second-order valence-electron chi connectivity index (χ2n) is 5.20. The highest BCUT2D eigenvalue weighted by molar-refractivity contribution is 6.02. The first-order valence-electron chi connectivity index (χ1n) is 7.36. The van der Waals surface area contributed by atoms with Crippen molar-refractivity contribution in [2.24, 2.45) is 0 Å². The van der Waals surface area contributed by atoms with Gasteiger partial charge >= 0.3 is 5.97 Å². The number of nitrogens with two attached hydrogens (primary N) is 1. The van der Waals surface area contributed by atoms with E-state index in [1.807, 2.05) is 0 Å². The molecule has 0 aliphatic heterocycles. The van der Waals surface area contributed by atoms with Crippen molar-refractivity contribution in [2.75, 3.05) is 17.7 Å². The molecule has 0 bridgehead atoms. The number of benzene rings is 1. The average molecular weight is 292 g/mol. The molecule has 1 rings (SSSR count). The second-order valence-corrected chi connectivity index (χ2v) is 5.20. The van der Waals surface area contributed by atoms with Crippen LogP contribution in [0.25, 0.3) is 0 Å². The molecule has 1 aromatic rings. The van der Waals surface area contributed by atoms with Crippen LogP contribution in [0.15, 0.2) is 18.2 Å². The molecule has 0 saturated carbocycles. The molecule has 1 amide bonds. The molecule has 0 aliphatic carbocycles. The first-order chi connectivity index (χ1) is 9.97. The van der Waals surface area contributed by atoms with E-state index in [0.29, 0.717) is 17.8 Å². The van der Waals surface area contributed by atoms with Crippen LogP contribution in [0, 0.1) is 0 Å². The summed E-state index contributed by atoms with van der Waals surface area (Å²) in [6.45, 7) is 2.15. The van der Waals surface area contributed by atoms with Crippen molar-refractivity contribution in [1.29, 1.82) is 0 Å². The number of carbonyl (C=O) groups excluding carboxylic acids is 1. The van der Waals surface area contributed by atoms with E-state index in [-0.39, 0.29) is 11.5 Å². The number of carbonyl (C=O) groups is 2. The number of nitrogen functional groups attached to an aromatic ring is 1. The maximum atomic E-state index is 12.1. The molecule has 3 N–H and O–H groups in total. The molecule has 0 atom stereocenters. The Morgan fingerprint density at radius 3 is 2.48 bits per heavy atom. The number of carboxylic acid groups (broad SMARTS) is 1. The minimum atomic E-state index is -1.08. The van der Waals surface area contributed by atoms with Gasteiger partial charge in [-0.3, -0.25) is 4.79 Å². The Balaban J connectivity index is 2.68. The summed E-state index contributed by atoms with van der Waals surface area (Å²) in [7, 11) is 1.60. The summed E-state index contributed by atoms with van der Waals surface area (Å²) in [4.78, 5) is 24.8. The van der Waals surface area contributed by atoms with Crippen LogP contribution in [0.4, 0.5) is 11.4 Å². The molecule has 0 radical (unpaired) electrons. The lowest BCUT2D eigenvalue weighted by molar-refractivity contribution is -0.118. The van der Waals surface area contributed by atoms with Gasteiger partial charge in [0.2, 0.25) is 5.91 Å². The van der Waals surface area contributed by atoms with Crippen LogP contribution >= 0.6 is 0 Å². The molecule has 5 heteroatoms. The summed E-state index contributed by atoms with van der Waals surface area (Å²) >= 11 is 0. The van der Waals surface area contributed by atoms with Crippen molar-refractivity contribution in [2.45, 2.75) is 45.4 Å². The van der Waals surface area contributed by atoms with E-state index in [2.05, 4.69) is 6.92 Å². The Bertz CT molecular complexity index is 500. The minimum absolute atomic E-state index is 0.0526. The molecule has 0 aliphatic rings. The second kappa shape index (κ2) is 8.29. The topological polar surface area (TPSA) is 83.6 Å². The van der Waals surface area contributed by atoms with Gasteiger partial charge in [-0.25, -0.2) is 4.79 Å². The van der Waals surface area contributed by atoms with Crippen LogP contribution in [0.5, 0.6) is 0 Å². The number of hydrogen-bond acceptors (Lipinski definition) is 3. The molecule has 0 unspecified atom stereocenters. The van der Waals surface area contributed by atoms with Crippen LogP contribution in [0.1, 0.15) is 55.8 Å². The van der Waals surface area contributed by atoms with Gasteiger partial charge in [-0.1, -0.05) is 32.6 Å². The highest BCUT2D eigenvalue weighted by Crippen LogP contribution is 2.23. The van der Waals surface area contributed by atoms with E-state index >= 15 is 0 Å². The van der Waals surface area contributed by atoms with Gasteiger partial charge in [0, 0.05) is 19.2 Å². The van der Waals surface area contributed by atoms with Crippen molar-refractivity contribution in [1.82, 2.24) is 0 Å². The molecule has 1 aromatic carbocycles. The SMILES string of the molecule is CCCCCCCC(=O)N(C)c1ccc(N)cc1C(=O)O. The number of rotatable bonds is 8. The van der Waals surface area contributed by atoms with Crippen molar-refractivity contribution in [3.8, 4) is 0 Å². The predicted octanol–water partition coefficient (Wildman–Crippen LogP) is 3.29.